The van der Waals surface area contributed by atoms with E-state index in [2.05, 4.69) is 4.98 Å². The van der Waals surface area contributed by atoms with Crippen LogP contribution < -0.4 is 0 Å². The van der Waals surface area contributed by atoms with Gasteiger partial charge in [-0.1, -0.05) is 47.5 Å². The van der Waals surface area contributed by atoms with E-state index in [1.165, 1.54) is 4.90 Å². The van der Waals surface area contributed by atoms with Crippen molar-refractivity contribution in [3.63, 3.8) is 0 Å². The topological polar surface area (TPSA) is 83.6 Å². The smallest absolute Gasteiger partial charge is 0.290 e. The van der Waals surface area contributed by atoms with Crippen LogP contribution in [0.1, 0.15) is 33.3 Å². The largest absolute Gasteiger partial charge is 0.503 e. The van der Waals surface area contributed by atoms with E-state index < -0.39 is 23.5 Å². The van der Waals surface area contributed by atoms with E-state index in [-0.39, 0.29) is 17.9 Å². The number of Topliss-reactive ketones (excluding diaryl/α,β-unsaturated/α-hetero) is 1. The Labute approximate surface area is 194 Å². The van der Waals surface area contributed by atoms with Crippen molar-refractivity contribution in [2.45, 2.75) is 19.5 Å². The zero-order chi connectivity index (χ0) is 23.1. The fourth-order valence-corrected chi connectivity index (χ4v) is 4.36. The maximum Gasteiger partial charge on any atom is 0.290 e. The summed E-state index contributed by atoms with van der Waals surface area (Å²) in [5.41, 5.74) is 2.95. The molecule has 0 saturated heterocycles. The van der Waals surface area contributed by atoms with E-state index >= 15 is 0 Å². The van der Waals surface area contributed by atoms with Crippen LogP contribution in [-0.4, -0.2) is 26.7 Å². The lowest BCUT2D eigenvalue weighted by molar-refractivity contribution is -0.130. The predicted octanol–water partition coefficient (Wildman–Crippen LogP) is 5.57. The Balaban J connectivity index is 1.61. The molecule has 4 aromatic rings. The Hall–Kier alpha value is -3.90. The summed E-state index contributed by atoms with van der Waals surface area (Å²) in [5, 5.41) is 12.0. The first-order chi connectivity index (χ1) is 15.9. The predicted molar refractivity (Wildman–Crippen MR) is 124 cm³/mol. The number of ketones is 1. The Morgan fingerprint density at radius 3 is 2.76 bits per heavy atom. The molecule has 0 fully saturated rings. The molecule has 164 valence electrons. The monoisotopic (exact) mass is 458 g/mol. The first kappa shape index (κ1) is 21.0. The van der Waals surface area contributed by atoms with Crippen molar-refractivity contribution in [3.8, 4) is 0 Å². The van der Waals surface area contributed by atoms with Gasteiger partial charge in [-0.2, -0.15) is 0 Å². The van der Waals surface area contributed by atoms with E-state index in [1.807, 2.05) is 37.3 Å². The Bertz CT molecular complexity index is 1420. The zero-order valence-corrected chi connectivity index (χ0v) is 18.4. The molecule has 1 atom stereocenters. The van der Waals surface area contributed by atoms with Crippen LogP contribution in [0.4, 0.5) is 0 Å². The summed E-state index contributed by atoms with van der Waals surface area (Å²) in [6.07, 6.45) is 3.30. The Morgan fingerprint density at radius 1 is 1.15 bits per heavy atom. The first-order valence-corrected chi connectivity index (χ1v) is 10.7. The number of aromatic nitrogens is 1. The number of hydrogen-bond acceptors (Lipinski definition) is 5. The summed E-state index contributed by atoms with van der Waals surface area (Å²) in [6.45, 7) is 2.11. The number of amides is 1. The standard InChI is InChI=1S/C26H19ClN2O4/c1-15-4-2-6-17(10-15)23-22(24(30)21-12-18-11-19(27)7-8-20(18)33-21)25(31)26(32)29(23)14-16-5-3-9-28-13-16/h2-13,23,31H,14H2,1H3. The van der Waals surface area contributed by atoms with Gasteiger partial charge >= 0.3 is 0 Å². The number of benzene rings is 2. The van der Waals surface area contributed by atoms with Gasteiger partial charge < -0.3 is 14.4 Å². The van der Waals surface area contributed by atoms with Crippen LogP contribution in [0.5, 0.6) is 0 Å². The van der Waals surface area contributed by atoms with Gasteiger partial charge in [-0.25, -0.2) is 0 Å². The number of aliphatic hydroxyl groups is 1. The number of halogens is 1. The molecule has 3 heterocycles. The fourth-order valence-electron chi connectivity index (χ4n) is 4.18. The van der Waals surface area contributed by atoms with E-state index in [4.69, 9.17) is 16.0 Å². The third-order valence-corrected chi connectivity index (χ3v) is 5.92. The number of furan rings is 1. The van der Waals surface area contributed by atoms with Crippen LogP contribution in [0.15, 0.2) is 88.8 Å². The molecule has 6 nitrogen and oxygen atoms in total. The molecule has 33 heavy (non-hydrogen) atoms. The molecule has 1 amide bonds. The number of nitrogens with zero attached hydrogens (tertiary/aromatic N) is 2. The van der Waals surface area contributed by atoms with Gasteiger partial charge in [-0.15, -0.1) is 0 Å². The van der Waals surface area contributed by atoms with Gasteiger partial charge in [-0.3, -0.25) is 14.6 Å². The molecule has 7 heteroatoms. The fraction of sp³-hybridized carbons (Fsp3) is 0.115. The Morgan fingerprint density at radius 2 is 2.00 bits per heavy atom. The maximum atomic E-state index is 13.6. The Kier molecular flexibility index (Phi) is 5.23. The van der Waals surface area contributed by atoms with Gasteiger partial charge in [0.25, 0.3) is 5.91 Å². The summed E-state index contributed by atoms with van der Waals surface area (Å²) >= 11 is 6.06. The molecule has 1 N–H and O–H groups in total. The van der Waals surface area contributed by atoms with E-state index in [9.17, 15) is 14.7 Å². The zero-order valence-electron chi connectivity index (χ0n) is 17.7. The first-order valence-electron chi connectivity index (χ1n) is 10.4. The average Bonchev–Trinajstić information content (AvgIpc) is 3.33. The van der Waals surface area contributed by atoms with Crippen LogP contribution in [0, 0.1) is 6.92 Å². The van der Waals surface area contributed by atoms with E-state index in [0.29, 0.717) is 16.0 Å². The molecule has 1 aliphatic rings. The second-order valence-corrected chi connectivity index (χ2v) is 8.43. The minimum Gasteiger partial charge on any atom is -0.503 e. The van der Waals surface area contributed by atoms with Crippen molar-refractivity contribution < 1.29 is 19.1 Å². The van der Waals surface area contributed by atoms with Crippen LogP contribution in [0.3, 0.4) is 0 Å². The molecule has 1 aliphatic heterocycles. The third kappa shape index (κ3) is 3.79. The van der Waals surface area contributed by atoms with Crippen molar-refractivity contribution in [2.24, 2.45) is 0 Å². The summed E-state index contributed by atoms with van der Waals surface area (Å²) in [4.78, 5) is 32.3. The molecule has 0 saturated carbocycles. The number of carbonyl (C=O) groups excluding carboxylic acids is 2. The lowest BCUT2D eigenvalue weighted by Gasteiger charge is -2.27. The number of aliphatic hydroxyl groups excluding tert-OH is 1. The van der Waals surface area contributed by atoms with Crippen molar-refractivity contribution >= 4 is 34.3 Å². The number of aryl methyl sites for hydroxylation is 1. The summed E-state index contributed by atoms with van der Waals surface area (Å²) in [7, 11) is 0. The lowest BCUT2D eigenvalue weighted by Crippen LogP contribution is -2.30. The molecular formula is C26H19ClN2O4. The minimum absolute atomic E-state index is 0.0142. The summed E-state index contributed by atoms with van der Waals surface area (Å²) in [5.74, 6) is -1.71. The van der Waals surface area contributed by atoms with Gasteiger partial charge in [0.2, 0.25) is 5.78 Å². The highest BCUT2D eigenvalue weighted by atomic mass is 35.5. The highest BCUT2D eigenvalue weighted by molar-refractivity contribution is 6.31. The van der Waals surface area contributed by atoms with Crippen molar-refractivity contribution in [2.75, 3.05) is 0 Å². The molecule has 0 radical (unpaired) electrons. The molecule has 2 aromatic carbocycles. The van der Waals surface area contributed by atoms with Gasteiger partial charge in [0.1, 0.15) is 5.58 Å². The maximum absolute atomic E-state index is 13.6. The number of hydrogen-bond donors (Lipinski definition) is 1. The third-order valence-electron chi connectivity index (χ3n) is 5.68. The van der Waals surface area contributed by atoms with Gasteiger partial charge in [0.15, 0.2) is 11.5 Å². The van der Waals surface area contributed by atoms with Gasteiger partial charge in [0.05, 0.1) is 11.6 Å². The van der Waals surface area contributed by atoms with Crippen LogP contribution in [0.2, 0.25) is 5.02 Å². The molecule has 0 bridgehead atoms. The number of pyridine rings is 1. The SMILES string of the molecule is Cc1cccc(C2C(C(=O)c3cc4cc(Cl)ccc4o3)=C(O)C(=O)N2Cc2cccnc2)c1. The van der Waals surface area contributed by atoms with E-state index in [0.717, 1.165) is 16.7 Å². The molecule has 5 rings (SSSR count). The normalized spacial score (nSPS) is 16.1. The van der Waals surface area contributed by atoms with E-state index in [1.54, 1.807) is 42.7 Å². The number of rotatable bonds is 5. The minimum atomic E-state index is -0.776. The lowest BCUT2D eigenvalue weighted by atomic mass is 9.94. The molecule has 2 aromatic heterocycles. The van der Waals surface area contributed by atoms with Gasteiger partial charge in [0, 0.05) is 29.3 Å². The van der Waals surface area contributed by atoms with Crippen molar-refractivity contribution in [1.29, 1.82) is 0 Å². The van der Waals surface area contributed by atoms with Crippen LogP contribution in [0.25, 0.3) is 11.0 Å². The van der Waals surface area contributed by atoms with Crippen LogP contribution >= 0.6 is 11.6 Å². The second kappa shape index (κ2) is 8.22. The van der Waals surface area contributed by atoms with Crippen LogP contribution in [-0.2, 0) is 11.3 Å². The highest BCUT2D eigenvalue weighted by Crippen LogP contribution is 2.40. The van der Waals surface area contributed by atoms with Gasteiger partial charge in [-0.05, 0) is 48.4 Å². The van der Waals surface area contributed by atoms with Crippen molar-refractivity contribution in [3.05, 3.63) is 112 Å². The quantitative estimate of drug-likeness (QED) is 0.395. The number of fused-ring (bicyclic) bond motifs is 1. The molecule has 0 aliphatic carbocycles. The highest BCUT2D eigenvalue weighted by Gasteiger charge is 2.44. The molecule has 1 unspecified atom stereocenters. The second-order valence-electron chi connectivity index (χ2n) is 8.00. The summed E-state index contributed by atoms with van der Waals surface area (Å²) < 4.78 is 5.75. The van der Waals surface area contributed by atoms with Crippen molar-refractivity contribution in [1.82, 2.24) is 9.88 Å². The molecule has 0 spiro atoms. The number of carbonyl (C=O) groups is 2. The average molecular weight is 459 g/mol. The summed E-state index contributed by atoms with van der Waals surface area (Å²) in [6, 6.07) is 17.0. The molecular weight excluding hydrogens is 440 g/mol.